The highest BCUT2D eigenvalue weighted by Crippen LogP contribution is 2.41. The average molecular weight is 281 g/mol. The van der Waals surface area contributed by atoms with E-state index in [1.807, 2.05) is 0 Å². The maximum absolute atomic E-state index is 6.39. The van der Waals surface area contributed by atoms with Gasteiger partial charge in [-0.2, -0.15) is 0 Å². The summed E-state index contributed by atoms with van der Waals surface area (Å²) in [5, 5.41) is 3.40. The van der Waals surface area contributed by atoms with Crippen molar-refractivity contribution < 1.29 is 4.74 Å². The lowest BCUT2D eigenvalue weighted by molar-refractivity contribution is -0.0611. The molecule has 1 N–H and O–H groups in total. The molecule has 0 unspecified atom stereocenters. The molecule has 2 heteroatoms. The molecule has 0 aliphatic heterocycles. The fourth-order valence-corrected chi connectivity index (χ4v) is 4.03. The molecule has 20 heavy (non-hydrogen) atoms. The summed E-state index contributed by atoms with van der Waals surface area (Å²) in [6.45, 7) is 7.22. The summed E-state index contributed by atoms with van der Waals surface area (Å²) >= 11 is 0. The van der Waals surface area contributed by atoms with Crippen molar-refractivity contribution in [3.05, 3.63) is 0 Å². The van der Waals surface area contributed by atoms with E-state index in [1.165, 1.54) is 57.8 Å². The molecule has 0 saturated heterocycles. The normalized spacial score (nSPS) is 36.0. The van der Waals surface area contributed by atoms with Crippen LogP contribution >= 0.6 is 0 Å². The van der Waals surface area contributed by atoms with E-state index in [4.69, 9.17) is 4.74 Å². The molecule has 118 valence electrons. The largest absolute Gasteiger partial charge is 0.375 e. The number of nitrogens with one attached hydrogen (secondary N) is 1. The zero-order chi connectivity index (χ0) is 14.6. The number of hydrogen-bond acceptors (Lipinski definition) is 2. The zero-order valence-electron chi connectivity index (χ0n) is 14.1. The van der Waals surface area contributed by atoms with Crippen LogP contribution in [0, 0.1) is 11.3 Å². The molecule has 0 amide bonds. The molecule has 2 nitrogen and oxygen atoms in total. The summed E-state index contributed by atoms with van der Waals surface area (Å²) in [6, 6.07) is 0.732. The predicted molar refractivity (Wildman–Crippen MR) is 86.0 cm³/mol. The lowest BCUT2D eigenvalue weighted by Gasteiger charge is -2.40. The second-order valence-electron chi connectivity index (χ2n) is 7.71. The lowest BCUT2D eigenvalue weighted by Crippen LogP contribution is -2.36. The van der Waals surface area contributed by atoms with E-state index in [0.717, 1.165) is 12.0 Å². The van der Waals surface area contributed by atoms with E-state index < -0.39 is 0 Å². The molecular weight excluding hydrogens is 246 g/mol. The summed E-state index contributed by atoms with van der Waals surface area (Å²) in [6.07, 6.45) is 12.8. The van der Waals surface area contributed by atoms with Crippen molar-refractivity contribution in [2.75, 3.05) is 7.05 Å². The van der Waals surface area contributed by atoms with Crippen molar-refractivity contribution in [2.45, 2.75) is 96.8 Å². The molecule has 2 aliphatic rings. The van der Waals surface area contributed by atoms with Gasteiger partial charge in [0, 0.05) is 6.04 Å². The molecule has 0 aromatic heterocycles. The highest BCUT2D eigenvalue weighted by atomic mass is 16.5. The van der Waals surface area contributed by atoms with E-state index in [2.05, 4.69) is 33.1 Å². The van der Waals surface area contributed by atoms with Crippen molar-refractivity contribution in [1.29, 1.82) is 0 Å². The van der Waals surface area contributed by atoms with Crippen LogP contribution in [0.4, 0.5) is 0 Å². The summed E-state index contributed by atoms with van der Waals surface area (Å²) in [4.78, 5) is 0. The Morgan fingerprint density at radius 3 is 1.85 bits per heavy atom. The number of hydrogen-bond donors (Lipinski definition) is 1. The third kappa shape index (κ3) is 4.21. The van der Waals surface area contributed by atoms with Gasteiger partial charge < -0.3 is 10.1 Å². The van der Waals surface area contributed by atoms with Gasteiger partial charge in [0.1, 0.15) is 0 Å². The maximum Gasteiger partial charge on any atom is 0.0580 e. The minimum Gasteiger partial charge on any atom is -0.375 e. The smallest absolute Gasteiger partial charge is 0.0580 e. The second kappa shape index (κ2) is 7.26. The second-order valence-corrected chi connectivity index (χ2v) is 7.71. The first kappa shape index (κ1) is 16.3. The first-order chi connectivity index (χ1) is 9.55. The first-order valence-corrected chi connectivity index (χ1v) is 8.88. The average Bonchev–Trinajstić information content (AvgIpc) is 2.48. The summed E-state index contributed by atoms with van der Waals surface area (Å²) < 4.78 is 6.39. The molecule has 0 atom stereocenters. The third-order valence-corrected chi connectivity index (χ3v) is 6.16. The van der Waals surface area contributed by atoms with Crippen molar-refractivity contribution in [3.8, 4) is 0 Å². The van der Waals surface area contributed by atoms with Gasteiger partial charge in [-0.3, -0.25) is 0 Å². The zero-order valence-corrected chi connectivity index (χ0v) is 14.1. The summed E-state index contributed by atoms with van der Waals surface area (Å²) in [7, 11) is 2.09. The Kier molecular flexibility index (Phi) is 5.92. The van der Waals surface area contributed by atoms with E-state index in [-0.39, 0.29) is 0 Å². The van der Waals surface area contributed by atoms with Gasteiger partial charge in [-0.05, 0) is 69.7 Å². The molecule has 2 rings (SSSR count). The van der Waals surface area contributed by atoms with Crippen LogP contribution in [0.25, 0.3) is 0 Å². The van der Waals surface area contributed by atoms with E-state index in [0.29, 0.717) is 17.6 Å². The van der Waals surface area contributed by atoms with Crippen molar-refractivity contribution >= 4 is 0 Å². The monoisotopic (exact) mass is 281 g/mol. The van der Waals surface area contributed by atoms with Crippen LogP contribution in [0.1, 0.15) is 78.6 Å². The van der Waals surface area contributed by atoms with E-state index in [1.54, 1.807) is 0 Å². The Bertz CT molecular complexity index is 273. The fourth-order valence-electron chi connectivity index (χ4n) is 4.03. The van der Waals surface area contributed by atoms with Crippen molar-refractivity contribution in [1.82, 2.24) is 5.32 Å². The first-order valence-electron chi connectivity index (χ1n) is 8.88. The topological polar surface area (TPSA) is 21.3 Å². The Balaban J connectivity index is 1.70. The Hall–Kier alpha value is -0.0800. The van der Waals surface area contributed by atoms with Gasteiger partial charge >= 0.3 is 0 Å². The molecule has 0 aromatic rings. The molecule has 0 spiro atoms. The van der Waals surface area contributed by atoms with Crippen LogP contribution in [0.5, 0.6) is 0 Å². The summed E-state index contributed by atoms with van der Waals surface area (Å²) in [5.74, 6) is 0.910. The SMILES string of the molecule is CCC(C)(C)C1CCC(OC2CCC(NC)CC2)CC1. The lowest BCUT2D eigenvalue weighted by atomic mass is 9.69. The van der Waals surface area contributed by atoms with Crippen molar-refractivity contribution in [3.63, 3.8) is 0 Å². The molecule has 0 heterocycles. The predicted octanol–water partition coefficient (Wildman–Crippen LogP) is 4.53. The van der Waals surface area contributed by atoms with Crippen molar-refractivity contribution in [2.24, 2.45) is 11.3 Å². The molecule has 0 bridgehead atoms. The van der Waals surface area contributed by atoms with Crippen LogP contribution in [0.3, 0.4) is 0 Å². The quantitative estimate of drug-likeness (QED) is 0.799. The fraction of sp³-hybridized carbons (Fsp3) is 1.00. The van der Waals surface area contributed by atoms with E-state index >= 15 is 0 Å². The van der Waals surface area contributed by atoms with Gasteiger partial charge in [0.05, 0.1) is 12.2 Å². The number of ether oxygens (including phenoxy) is 1. The van der Waals surface area contributed by atoms with Gasteiger partial charge in [-0.1, -0.05) is 27.2 Å². The van der Waals surface area contributed by atoms with Gasteiger partial charge in [0.2, 0.25) is 0 Å². The van der Waals surface area contributed by atoms with Crippen LogP contribution in [0.2, 0.25) is 0 Å². The molecule has 2 aliphatic carbocycles. The third-order valence-electron chi connectivity index (χ3n) is 6.16. The van der Waals surface area contributed by atoms with Crippen LogP contribution in [0.15, 0.2) is 0 Å². The molecular formula is C18H35NO. The molecule has 2 saturated carbocycles. The Labute approximate surface area is 126 Å². The highest BCUT2D eigenvalue weighted by molar-refractivity contribution is 4.84. The van der Waals surface area contributed by atoms with Crippen LogP contribution in [-0.4, -0.2) is 25.3 Å². The van der Waals surface area contributed by atoms with Crippen LogP contribution in [-0.2, 0) is 4.74 Å². The highest BCUT2D eigenvalue weighted by Gasteiger charge is 2.33. The van der Waals surface area contributed by atoms with Gasteiger partial charge in [0.25, 0.3) is 0 Å². The Morgan fingerprint density at radius 1 is 0.900 bits per heavy atom. The van der Waals surface area contributed by atoms with Crippen LogP contribution < -0.4 is 5.32 Å². The molecule has 0 aromatic carbocycles. The standard InChI is InChI=1S/C18H35NO/c1-5-18(2,3)14-6-10-16(11-7-14)20-17-12-8-15(19-4)9-13-17/h14-17,19H,5-13H2,1-4H3. The number of rotatable bonds is 5. The van der Waals surface area contributed by atoms with Gasteiger partial charge in [-0.15, -0.1) is 0 Å². The van der Waals surface area contributed by atoms with Gasteiger partial charge in [0.15, 0.2) is 0 Å². The molecule has 0 radical (unpaired) electrons. The van der Waals surface area contributed by atoms with E-state index in [9.17, 15) is 0 Å². The Morgan fingerprint density at radius 2 is 1.40 bits per heavy atom. The maximum atomic E-state index is 6.39. The minimum absolute atomic E-state index is 0.524. The molecule has 2 fully saturated rings. The van der Waals surface area contributed by atoms with Gasteiger partial charge in [-0.25, -0.2) is 0 Å². The summed E-state index contributed by atoms with van der Waals surface area (Å²) in [5.41, 5.74) is 0.524. The minimum atomic E-state index is 0.524.